The molecule has 36 heavy (non-hydrogen) atoms. The molecule has 188 valence electrons. The van der Waals surface area contributed by atoms with Crippen molar-refractivity contribution in [2.75, 3.05) is 0 Å². The summed E-state index contributed by atoms with van der Waals surface area (Å²) in [6.45, 7) is 15.8. The topological polar surface area (TPSA) is 58.9 Å². The Labute approximate surface area is 214 Å². The van der Waals surface area contributed by atoms with Crippen molar-refractivity contribution in [3.63, 3.8) is 0 Å². The number of phenols is 2. The maximum Gasteiger partial charge on any atom is 0.128 e. The Bertz CT molecular complexity index is 1290. The molecule has 0 heterocycles. The summed E-state index contributed by atoms with van der Waals surface area (Å²) < 4.78 is 12.8. The van der Waals surface area contributed by atoms with Crippen LogP contribution in [0.5, 0.6) is 23.0 Å². The third-order valence-electron chi connectivity index (χ3n) is 6.90. The number of fused-ring (bicyclic) bond motifs is 1. The van der Waals surface area contributed by atoms with Gasteiger partial charge < -0.3 is 19.7 Å². The second-order valence-electron chi connectivity index (χ2n) is 10.8. The van der Waals surface area contributed by atoms with Crippen LogP contribution in [0, 0.1) is 27.7 Å². The molecule has 0 spiro atoms. The molecule has 0 radical (unpaired) electrons. The minimum Gasteiger partial charge on any atom is -0.507 e. The van der Waals surface area contributed by atoms with E-state index in [0.29, 0.717) is 11.5 Å². The average Bonchev–Trinajstić information content (AvgIpc) is 2.79. The monoisotopic (exact) mass is 484 g/mol. The highest BCUT2D eigenvalue weighted by Crippen LogP contribution is 2.36. The van der Waals surface area contributed by atoms with Crippen molar-refractivity contribution in [3.8, 4) is 23.0 Å². The minimum atomic E-state index is -0.565. The standard InChI is InChI=1S/C32H36O4/c1-19-13-25(14-20(2)29(19)33)31(5,6)35-27-11-9-24-18-28(12-10-23(24)17-27)36-32(7,8)26-15-21(3)30(34)22(4)16-26/h9-18,33-34H,1-8H3. The van der Waals surface area contributed by atoms with Crippen LogP contribution in [0.15, 0.2) is 60.7 Å². The van der Waals surface area contributed by atoms with Gasteiger partial charge in [0.2, 0.25) is 0 Å². The predicted octanol–water partition coefficient (Wildman–Crippen LogP) is 8.11. The van der Waals surface area contributed by atoms with E-state index >= 15 is 0 Å². The van der Waals surface area contributed by atoms with Crippen LogP contribution in [0.1, 0.15) is 61.1 Å². The fourth-order valence-corrected chi connectivity index (χ4v) is 4.64. The number of aryl methyl sites for hydroxylation is 4. The molecule has 4 heteroatoms. The maximum absolute atomic E-state index is 10.1. The summed E-state index contributed by atoms with van der Waals surface area (Å²) in [5.41, 5.74) is 4.26. The number of ether oxygens (including phenoxy) is 2. The van der Waals surface area contributed by atoms with Crippen molar-refractivity contribution in [2.45, 2.75) is 66.6 Å². The predicted molar refractivity (Wildman–Crippen MR) is 146 cm³/mol. The van der Waals surface area contributed by atoms with E-state index in [1.807, 2.05) is 116 Å². The first kappa shape index (κ1) is 25.4. The summed E-state index contributed by atoms with van der Waals surface area (Å²) in [4.78, 5) is 0. The highest BCUT2D eigenvalue weighted by molar-refractivity contribution is 5.85. The first-order valence-electron chi connectivity index (χ1n) is 12.3. The van der Waals surface area contributed by atoms with Gasteiger partial charge in [0.15, 0.2) is 0 Å². The van der Waals surface area contributed by atoms with Gasteiger partial charge in [0, 0.05) is 0 Å². The summed E-state index contributed by atoms with van der Waals surface area (Å²) in [5, 5.41) is 22.4. The zero-order chi connectivity index (χ0) is 26.4. The number of rotatable bonds is 6. The van der Waals surface area contributed by atoms with Gasteiger partial charge in [-0.15, -0.1) is 0 Å². The van der Waals surface area contributed by atoms with Crippen molar-refractivity contribution in [2.24, 2.45) is 0 Å². The van der Waals surface area contributed by atoms with E-state index in [1.165, 1.54) is 0 Å². The van der Waals surface area contributed by atoms with E-state index in [1.54, 1.807) is 0 Å². The van der Waals surface area contributed by atoms with Crippen molar-refractivity contribution >= 4 is 10.8 Å². The van der Waals surface area contributed by atoms with E-state index < -0.39 is 11.2 Å². The zero-order valence-electron chi connectivity index (χ0n) is 22.5. The Morgan fingerprint density at radius 1 is 0.500 bits per heavy atom. The lowest BCUT2D eigenvalue weighted by Crippen LogP contribution is -2.25. The number of aromatic hydroxyl groups is 2. The summed E-state index contributed by atoms with van der Waals surface area (Å²) in [5.74, 6) is 2.22. The van der Waals surface area contributed by atoms with Gasteiger partial charge in [-0.25, -0.2) is 0 Å². The lowest BCUT2D eigenvalue weighted by atomic mass is 9.93. The van der Waals surface area contributed by atoms with Gasteiger partial charge in [-0.2, -0.15) is 0 Å². The lowest BCUT2D eigenvalue weighted by Gasteiger charge is -2.29. The molecule has 0 aromatic heterocycles. The van der Waals surface area contributed by atoms with E-state index in [0.717, 1.165) is 55.7 Å². The molecule has 0 saturated heterocycles. The average molecular weight is 485 g/mol. The minimum absolute atomic E-state index is 0.331. The van der Waals surface area contributed by atoms with E-state index in [4.69, 9.17) is 9.47 Å². The largest absolute Gasteiger partial charge is 0.507 e. The fourth-order valence-electron chi connectivity index (χ4n) is 4.64. The van der Waals surface area contributed by atoms with Crippen LogP contribution in [0.3, 0.4) is 0 Å². The van der Waals surface area contributed by atoms with Gasteiger partial charge in [-0.1, -0.05) is 12.1 Å². The van der Waals surface area contributed by atoms with Crippen LogP contribution >= 0.6 is 0 Å². The van der Waals surface area contributed by atoms with Crippen molar-refractivity contribution in [1.82, 2.24) is 0 Å². The van der Waals surface area contributed by atoms with Crippen LogP contribution in [-0.4, -0.2) is 10.2 Å². The molecule has 0 aliphatic heterocycles. The van der Waals surface area contributed by atoms with Crippen LogP contribution in [0.2, 0.25) is 0 Å². The van der Waals surface area contributed by atoms with Gasteiger partial charge in [0.25, 0.3) is 0 Å². The smallest absolute Gasteiger partial charge is 0.128 e. The van der Waals surface area contributed by atoms with Gasteiger partial charge in [0.05, 0.1) is 0 Å². The van der Waals surface area contributed by atoms with Gasteiger partial charge >= 0.3 is 0 Å². The number of hydrogen-bond acceptors (Lipinski definition) is 4. The van der Waals surface area contributed by atoms with E-state index in [2.05, 4.69) is 0 Å². The molecule has 0 aliphatic carbocycles. The van der Waals surface area contributed by atoms with Crippen LogP contribution in [0.25, 0.3) is 10.8 Å². The molecule has 4 aromatic carbocycles. The van der Waals surface area contributed by atoms with Crippen LogP contribution in [-0.2, 0) is 11.2 Å². The molecule has 4 nitrogen and oxygen atoms in total. The molecule has 0 saturated carbocycles. The molecule has 0 amide bonds. The van der Waals surface area contributed by atoms with Crippen molar-refractivity contribution in [3.05, 3.63) is 94.0 Å². The van der Waals surface area contributed by atoms with Gasteiger partial charge in [0.1, 0.15) is 34.2 Å². The van der Waals surface area contributed by atoms with Crippen molar-refractivity contribution < 1.29 is 19.7 Å². The third kappa shape index (κ3) is 4.99. The molecule has 4 aromatic rings. The first-order chi connectivity index (χ1) is 16.8. The molecule has 0 unspecified atom stereocenters. The Balaban J connectivity index is 1.57. The van der Waals surface area contributed by atoms with E-state index in [9.17, 15) is 10.2 Å². The zero-order valence-corrected chi connectivity index (χ0v) is 22.5. The summed E-state index contributed by atoms with van der Waals surface area (Å²) in [6, 6.07) is 20.0. The Morgan fingerprint density at radius 2 is 0.806 bits per heavy atom. The van der Waals surface area contributed by atoms with E-state index in [-0.39, 0.29) is 0 Å². The Morgan fingerprint density at radius 3 is 1.11 bits per heavy atom. The van der Waals surface area contributed by atoms with Crippen molar-refractivity contribution in [1.29, 1.82) is 0 Å². The third-order valence-corrected chi connectivity index (χ3v) is 6.90. The normalized spacial score (nSPS) is 12.1. The van der Waals surface area contributed by atoms with Gasteiger partial charge in [-0.3, -0.25) is 0 Å². The van der Waals surface area contributed by atoms with Crippen LogP contribution in [0.4, 0.5) is 0 Å². The summed E-state index contributed by atoms with van der Waals surface area (Å²) in [7, 11) is 0. The maximum atomic E-state index is 10.1. The highest BCUT2D eigenvalue weighted by Gasteiger charge is 2.26. The Kier molecular flexibility index (Phi) is 6.42. The first-order valence-corrected chi connectivity index (χ1v) is 12.3. The molecular weight excluding hydrogens is 448 g/mol. The fraction of sp³-hybridized carbons (Fsp3) is 0.312. The lowest BCUT2D eigenvalue weighted by molar-refractivity contribution is 0.108. The second kappa shape index (κ2) is 9.09. The second-order valence-corrected chi connectivity index (χ2v) is 10.8. The molecule has 4 rings (SSSR count). The molecule has 0 aliphatic rings. The molecule has 0 atom stereocenters. The molecule has 0 bridgehead atoms. The quantitative estimate of drug-likeness (QED) is 0.290. The highest BCUT2D eigenvalue weighted by atomic mass is 16.5. The van der Waals surface area contributed by atoms with Gasteiger partial charge in [-0.05, 0) is 148 Å². The number of hydrogen-bond donors (Lipinski definition) is 2. The number of phenolic OH excluding ortho intramolecular Hbond substituents is 2. The molecular formula is C32H36O4. The summed E-state index contributed by atoms with van der Waals surface area (Å²) >= 11 is 0. The van der Waals surface area contributed by atoms with Crippen LogP contribution < -0.4 is 9.47 Å². The molecule has 2 N–H and O–H groups in total. The summed E-state index contributed by atoms with van der Waals surface area (Å²) in [6.07, 6.45) is 0. The molecule has 0 fully saturated rings. The SMILES string of the molecule is Cc1cc(C(C)(C)Oc2ccc3cc(OC(C)(C)c4cc(C)c(O)c(C)c4)ccc3c2)cc(C)c1O. The Hall–Kier alpha value is -3.66. The number of benzene rings is 4.